The van der Waals surface area contributed by atoms with Gasteiger partial charge in [0.2, 0.25) is 0 Å². The zero-order chi connectivity index (χ0) is 10.0. The largest absolute Gasteiger partial charge is 1.00 e. The standard InChI is InChI=1S/C6H4BrNO4S.Na/c7-5-3-4(8(9)10)1-2-6(5)13(11)12;/h1-3H,(H,11,12);/q;+1/p-1. The van der Waals surface area contributed by atoms with Gasteiger partial charge in [-0.1, -0.05) is 0 Å². The van der Waals surface area contributed by atoms with Crippen molar-refractivity contribution in [1.82, 2.24) is 0 Å². The van der Waals surface area contributed by atoms with Crippen molar-refractivity contribution in [3.05, 3.63) is 32.8 Å². The topological polar surface area (TPSA) is 83.3 Å². The Hall–Kier alpha value is 0.210. The normalized spacial score (nSPS) is 11.6. The van der Waals surface area contributed by atoms with Crippen molar-refractivity contribution in [1.29, 1.82) is 0 Å². The number of rotatable bonds is 2. The number of non-ortho nitro benzene ring substituents is 1. The van der Waals surface area contributed by atoms with Crippen molar-refractivity contribution in [2.45, 2.75) is 4.90 Å². The van der Waals surface area contributed by atoms with E-state index in [-0.39, 0.29) is 44.6 Å². The van der Waals surface area contributed by atoms with Crippen molar-refractivity contribution >= 4 is 32.7 Å². The zero-order valence-electron chi connectivity index (χ0n) is 7.10. The predicted molar refractivity (Wildman–Crippen MR) is 48.0 cm³/mol. The van der Waals surface area contributed by atoms with E-state index in [1.165, 1.54) is 6.07 Å². The van der Waals surface area contributed by atoms with Crippen LogP contribution in [0.4, 0.5) is 5.69 Å². The quantitative estimate of drug-likeness (QED) is 0.290. The number of nitrogens with zero attached hydrogens (tertiary/aromatic N) is 1. The molecule has 0 aliphatic rings. The van der Waals surface area contributed by atoms with Crippen molar-refractivity contribution in [2.75, 3.05) is 0 Å². The van der Waals surface area contributed by atoms with E-state index in [9.17, 15) is 18.9 Å². The van der Waals surface area contributed by atoms with Crippen LogP contribution in [-0.4, -0.2) is 13.7 Å². The fourth-order valence-corrected chi connectivity index (χ4v) is 1.90. The average Bonchev–Trinajstić information content (AvgIpc) is 2.03. The first kappa shape index (κ1) is 14.2. The number of nitro groups is 1. The molecule has 0 heterocycles. The molecular formula is C6H3BrNNaO4S. The molecule has 0 fully saturated rings. The van der Waals surface area contributed by atoms with Crippen LogP contribution in [0.2, 0.25) is 0 Å². The van der Waals surface area contributed by atoms with Gasteiger partial charge < -0.3 is 4.55 Å². The van der Waals surface area contributed by atoms with E-state index in [2.05, 4.69) is 15.9 Å². The van der Waals surface area contributed by atoms with E-state index in [4.69, 9.17) is 0 Å². The summed E-state index contributed by atoms with van der Waals surface area (Å²) >= 11 is 0.537. The summed E-state index contributed by atoms with van der Waals surface area (Å²) in [7, 11) is 0. The maximum Gasteiger partial charge on any atom is 1.00 e. The molecule has 0 aromatic heterocycles. The Morgan fingerprint density at radius 1 is 1.43 bits per heavy atom. The van der Waals surface area contributed by atoms with E-state index < -0.39 is 16.0 Å². The predicted octanol–water partition coefficient (Wildman–Crippen LogP) is -1.40. The first-order valence-corrected chi connectivity index (χ1v) is 4.92. The number of hydrogen-bond acceptors (Lipinski definition) is 4. The van der Waals surface area contributed by atoms with Gasteiger partial charge in [0, 0.05) is 21.5 Å². The van der Waals surface area contributed by atoms with E-state index in [0.29, 0.717) is 0 Å². The molecule has 0 amide bonds. The molecule has 0 N–H and O–H groups in total. The molecule has 0 aliphatic heterocycles. The van der Waals surface area contributed by atoms with Gasteiger partial charge in [-0.3, -0.25) is 14.3 Å². The first-order chi connectivity index (χ1) is 6.02. The summed E-state index contributed by atoms with van der Waals surface area (Å²) in [5, 5.41) is 10.3. The molecule has 0 radical (unpaired) electrons. The van der Waals surface area contributed by atoms with Crippen LogP contribution in [0.3, 0.4) is 0 Å². The van der Waals surface area contributed by atoms with E-state index in [0.717, 1.165) is 12.1 Å². The fourth-order valence-electron chi connectivity index (χ4n) is 0.738. The maximum absolute atomic E-state index is 10.5. The van der Waals surface area contributed by atoms with Gasteiger partial charge in [0.25, 0.3) is 5.69 Å². The Morgan fingerprint density at radius 2 is 2.00 bits per heavy atom. The van der Waals surface area contributed by atoms with E-state index >= 15 is 0 Å². The van der Waals surface area contributed by atoms with Crippen molar-refractivity contribution in [2.24, 2.45) is 0 Å². The summed E-state index contributed by atoms with van der Waals surface area (Å²) in [5.41, 5.74) is -0.152. The Morgan fingerprint density at radius 3 is 2.36 bits per heavy atom. The van der Waals surface area contributed by atoms with Gasteiger partial charge in [0.15, 0.2) is 0 Å². The molecule has 0 saturated heterocycles. The monoisotopic (exact) mass is 287 g/mol. The van der Waals surface area contributed by atoms with Crippen LogP contribution in [0.5, 0.6) is 0 Å². The van der Waals surface area contributed by atoms with Crippen LogP contribution in [-0.2, 0) is 11.1 Å². The average molecular weight is 288 g/mol. The molecule has 0 aliphatic carbocycles. The van der Waals surface area contributed by atoms with Gasteiger partial charge in [-0.2, -0.15) is 0 Å². The molecule has 1 aromatic carbocycles. The molecule has 1 unspecified atom stereocenters. The molecule has 1 aromatic rings. The van der Waals surface area contributed by atoms with Crippen molar-refractivity contribution in [3.63, 3.8) is 0 Å². The number of benzene rings is 1. The minimum absolute atomic E-state index is 0. The molecule has 0 saturated carbocycles. The fraction of sp³-hybridized carbons (Fsp3) is 0. The molecular weight excluding hydrogens is 285 g/mol. The Kier molecular flexibility index (Phi) is 6.03. The van der Waals surface area contributed by atoms with Crippen LogP contribution in [0.1, 0.15) is 0 Å². The van der Waals surface area contributed by atoms with Crippen LogP contribution < -0.4 is 29.6 Å². The third-order valence-corrected chi connectivity index (χ3v) is 2.94. The molecule has 8 heteroatoms. The van der Waals surface area contributed by atoms with Crippen LogP contribution >= 0.6 is 15.9 Å². The zero-order valence-corrected chi connectivity index (χ0v) is 11.5. The van der Waals surface area contributed by atoms with Gasteiger partial charge >= 0.3 is 29.6 Å². The molecule has 70 valence electrons. The van der Waals surface area contributed by atoms with Crippen LogP contribution in [0, 0.1) is 10.1 Å². The molecule has 5 nitrogen and oxygen atoms in total. The summed E-state index contributed by atoms with van der Waals surface area (Å²) in [6, 6.07) is 3.45. The summed E-state index contributed by atoms with van der Waals surface area (Å²) in [6.07, 6.45) is 0. The van der Waals surface area contributed by atoms with Crippen molar-refractivity contribution < 1.29 is 43.2 Å². The third-order valence-electron chi connectivity index (χ3n) is 1.31. The number of halogens is 1. The Bertz CT molecular complexity index is 386. The first-order valence-electron chi connectivity index (χ1n) is 3.05. The van der Waals surface area contributed by atoms with Gasteiger partial charge in [-0.25, -0.2) is 0 Å². The summed E-state index contributed by atoms with van der Waals surface area (Å²) in [6.45, 7) is 0. The van der Waals surface area contributed by atoms with E-state index in [1.54, 1.807) is 0 Å². The second kappa shape index (κ2) is 5.94. The minimum atomic E-state index is -2.38. The van der Waals surface area contributed by atoms with Crippen LogP contribution in [0.25, 0.3) is 0 Å². The summed E-state index contributed by atoms with van der Waals surface area (Å²) in [5.74, 6) is 0. The Balaban J connectivity index is 0.00000169. The summed E-state index contributed by atoms with van der Waals surface area (Å²) in [4.78, 5) is 9.68. The van der Waals surface area contributed by atoms with Gasteiger partial charge in [0.1, 0.15) is 0 Å². The summed E-state index contributed by atoms with van der Waals surface area (Å²) < 4.78 is 21.2. The second-order valence-corrected chi connectivity index (χ2v) is 3.87. The minimum Gasteiger partial charge on any atom is -0.768 e. The SMILES string of the molecule is O=[N+]([O-])c1ccc(S(=O)[O-])c(Br)c1.[Na+]. The third kappa shape index (κ3) is 3.41. The molecule has 14 heavy (non-hydrogen) atoms. The van der Waals surface area contributed by atoms with Gasteiger partial charge in [-0.05, 0) is 33.1 Å². The second-order valence-electron chi connectivity index (χ2n) is 2.11. The molecule has 0 bridgehead atoms. The van der Waals surface area contributed by atoms with E-state index in [1.807, 2.05) is 0 Å². The van der Waals surface area contributed by atoms with Gasteiger partial charge in [0.05, 0.1) is 4.92 Å². The van der Waals surface area contributed by atoms with Crippen LogP contribution in [0.15, 0.2) is 27.6 Å². The van der Waals surface area contributed by atoms with Crippen molar-refractivity contribution in [3.8, 4) is 0 Å². The smallest absolute Gasteiger partial charge is 0.768 e. The number of hydrogen-bond donors (Lipinski definition) is 0. The molecule has 0 spiro atoms. The van der Waals surface area contributed by atoms with Gasteiger partial charge in [-0.15, -0.1) is 0 Å². The Labute approximate surface area is 113 Å². The molecule has 1 rings (SSSR count). The number of nitro benzene ring substituents is 1. The maximum atomic E-state index is 10.5. The molecule has 1 atom stereocenters.